The molecule has 0 aliphatic rings. The summed E-state index contributed by atoms with van der Waals surface area (Å²) in [6, 6.07) is 0. The minimum Gasteiger partial charge on any atom is -0.302 e. The van der Waals surface area contributed by atoms with Gasteiger partial charge in [-0.3, -0.25) is 9.05 Å². The van der Waals surface area contributed by atoms with E-state index in [1.807, 2.05) is 0 Å². The highest BCUT2D eigenvalue weighted by Gasteiger charge is 2.56. The van der Waals surface area contributed by atoms with E-state index in [4.69, 9.17) is 19.6 Å². The van der Waals surface area contributed by atoms with Crippen molar-refractivity contribution in [2.45, 2.75) is 0 Å². The Morgan fingerprint density at radius 3 is 0.800 bits per heavy atom. The zero-order valence-electron chi connectivity index (χ0n) is 16.1. The van der Waals surface area contributed by atoms with Crippen LogP contribution < -0.4 is 0 Å². The average Bonchev–Trinajstić information content (AvgIpc) is 2.45. The predicted molar refractivity (Wildman–Crippen MR) is 100 cm³/mol. The molecule has 6 unspecified atom stereocenters. The lowest BCUT2D eigenvalue weighted by atomic mass is 11.8. The monoisotopic (exact) mass is 686 g/mol. The summed E-state index contributed by atoms with van der Waals surface area (Å²) < 4.78 is 125. The summed E-state index contributed by atoms with van der Waals surface area (Å²) >= 11 is 0. The van der Waals surface area contributed by atoms with Crippen LogP contribution in [0.5, 0.6) is 0 Å². The molecule has 0 saturated carbocycles. The lowest BCUT2D eigenvalue weighted by Crippen LogP contribution is -2.04. The molecule has 35 heavy (non-hydrogen) atoms. The van der Waals surface area contributed by atoms with Crippen molar-refractivity contribution in [3.05, 3.63) is 0 Å². The third-order valence-corrected chi connectivity index (χ3v) is 14.3. The molecule has 0 rings (SSSR count). The Balaban J connectivity index is 6.69. The van der Waals surface area contributed by atoms with E-state index in [9.17, 15) is 56.1 Å². The second-order valence-electron chi connectivity index (χ2n) is 4.69. The Bertz CT molecular complexity index is 1040. The number of phosphoric ester groups is 2. The topological polar surface area (TPSA) is 381 Å². The van der Waals surface area contributed by atoms with Crippen LogP contribution in [-0.4, -0.2) is 53.4 Å². The van der Waals surface area contributed by atoms with Crippen LogP contribution in [0.15, 0.2) is 0 Å². The van der Waals surface area contributed by atoms with E-state index in [2.05, 4.69) is 39.2 Å². The Labute approximate surface area is 192 Å². The van der Waals surface area contributed by atoms with Gasteiger partial charge >= 0.3 is 62.6 Å². The summed E-state index contributed by atoms with van der Waals surface area (Å²) in [7, 11) is -49.8. The van der Waals surface area contributed by atoms with Gasteiger partial charge in [0.1, 0.15) is 0 Å². The highest BCUT2D eigenvalue weighted by molar-refractivity contribution is 7.76. The first-order valence-electron chi connectivity index (χ1n) is 6.80. The lowest BCUT2D eigenvalue weighted by molar-refractivity contribution is 0.164. The molecule has 8 N–H and O–H groups in total. The van der Waals surface area contributed by atoms with Crippen molar-refractivity contribution < 1.29 is 115 Å². The highest BCUT2D eigenvalue weighted by atomic mass is 31.3. The zero-order chi connectivity index (χ0) is 28.4. The van der Waals surface area contributed by atoms with Crippen molar-refractivity contribution in [3.8, 4) is 0 Å². The minimum absolute atomic E-state index is 0.311. The van der Waals surface area contributed by atoms with Crippen molar-refractivity contribution in [1.29, 1.82) is 0 Å². The first-order chi connectivity index (χ1) is 15.1. The Kier molecular flexibility index (Phi) is 12.5. The van der Waals surface area contributed by atoms with Gasteiger partial charge < -0.3 is 39.1 Å². The summed E-state index contributed by atoms with van der Waals surface area (Å²) in [5.41, 5.74) is 0. The fourth-order valence-corrected chi connectivity index (χ4v) is 11.9. The maximum absolute atomic E-state index is 12.6. The van der Waals surface area contributed by atoms with Crippen molar-refractivity contribution in [2.75, 3.05) is 14.2 Å². The number of hydrogen-bond donors (Lipinski definition) is 8. The van der Waals surface area contributed by atoms with Crippen molar-refractivity contribution in [3.63, 3.8) is 0 Å². The molecule has 0 aromatic rings. The fraction of sp³-hybridized carbons (Fsp3) is 1.00. The first kappa shape index (κ1) is 36.2. The third-order valence-electron chi connectivity index (χ3n) is 1.89. The molecule has 25 nitrogen and oxygen atoms in total. The SMILES string of the molecule is COP(=O)(O)OP(=O)(OP(=O)(O)OP(=O)(O)O)OP(=O)(OP(=O)(O)OC)OP(=O)(O)OP(=O)(O)O. The molecule has 0 aliphatic carbocycles. The van der Waals surface area contributed by atoms with Gasteiger partial charge in [0.05, 0.1) is 0 Å². The van der Waals surface area contributed by atoms with Gasteiger partial charge in [-0.1, -0.05) is 0 Å². The molecule has 0 radical (unpaired) electrons. The van der Waals surface area contributed by atoms with Crippen molar-refractivity contribution in [2.24, 2.45) is 0 Å². The quantitative estimate of drug-likeness (QED) is 0.106. The largest absolute Gasteiger partial charge is 0.501 e. The van der Waals surface area contributed by atoms with Gasteiger partial charge in [-0.15, -0.1) is 0 Å². The normalized spacial score (nSPS) is 23.6. The number of phosphoric acid groups is 8. The molecule has 0 amide bonds. The van der Waals surface area contributed by atoms with Gasteiger partial charge in [-0.05, 0) is 0 Å². The maximum Gasteiger partial charge on any atom is 0.501 e. The Hall–Kier alpha value is 1.16. The van der Waals surface area contributed by atoms with Crippen LogP contribution in [0.3, 0.4) is 0 Å². The van der Waals surface area contributed by atoms with Gasteiger partial charge in [0.15, 0.2) is 0 Å². The molecule has 0 fully saturated rings. The van der Waals surface area contributed by atoms with Crippen LogP contribution in [0.25, 0.3) is 0 Å². The van der Waals surface area contributed by atoms with Crippen LogP contribution in [0, 0.1) is 0 Å². The molecule has 0 bridgehead atoms. The van der Waals surface area contributed by atoms with Gasteiger partial charge in [-0.25, -0.2) is 36.5 Å². The van der Waals surface area contributed by atoms with E-state index in [0.29, 0.717) is 14.2 Å². The van der Waals surface area contributed by atoms with E-state index in [1.54, 1.807) is 0 Å². The van der Waals surface area contributed by atoms with Crippen LogP contribution in [-0.2, 0) is 75.7 Å². The summed E-state index contributed by atoms with van der Waals surface area (Å²) in [6.45, 7) is 0. The second kappa shape index (κ2) is 12.1. The van der Waals surface area contributed by atoms with E-state index < -0.39 is 62.6 Å². The molecule has 0 aromatic carbocycles. The molecule has 0 aromatic heterocycles. The number of rotatable bonds is 16. The van der Waals surface area contributed by atoms with Gasteiger partial charge in [0.25, 0.3) is 0 Å². The van der Waals surface area contributed by atoms with Crippen molar-refractivity contribution >= 4 is 62.6 Å². The summed E-state index contributed by atoms with van der Waals surface area (Å²) in [5.74, 6) is 0. The van der Waals surface area contributed by atoms with Gasteiger partial charge in [0.2, 0.25) is 0 Å². The molecule has 0 aliphatic heterocycles. The predicted octanol–water partition coefficient (Wildman–Crippen LogP) is 1.20. The number of hydrogen-bond acceptors (Lipinski definition) is 17. The van der Waals surface area contributed by atoms with Crippen LogP contribution in [0.4, 0.5) is 0 Å². The summed E-state index contributed by atoms with van der Waals surface area (Å²) in [6.07, 6.45) is 0. The Morgan fingerprint density at radius 1 is 0.371 bits per heavy atom. The maximum atomic E-state index is 12.6. The lowest BCUT2D eigenvalue weighted by Gasteiger charge is -2.25. The molecule has 0 heterocycles. The van der Waals surface area contributed by atoms with Crippen LogP contribution >= 0.6 is 62.6 Å². The molecular weight excluding hydrogens is 672 g/mol. The van der Waals surface area contributed by atoms with Crippen molar-refractivity contribution in [1.82, 2.24) is 0 Å². The molecule has 6 atom stereocenters. The zero-order valence-corrected chi connectivity index (χ0v) is 23.3. The van der Waals surface area contributed by atoms with E-state index in [1.165, 1.54) is 0 Å². The highest BCUT2D eigenvalue weighted by Crippen LogP contribution is 2.82. The van der Waals surface area contributed by atoms with Crippen LogP contribution in [0.1, 0.15) is 0 Å². The standard InChI is InChI=1S/C2H14O25P8/c1-19-30(9,10)23-34(17,25-32(13,14)21-28(3,4)5)27-35(18,24-31(11,12)20-2)26-33(15,16)22-29(6,7)8/h1-2H3,(H,9,10)(H,11,12)(H,13,14)(H,15,16)(H2,3,4,5)(H2,6,7,8). The molecule has 212 valence electrons. The third kappa shape index (κ3) is 16.0. The molecule has 0 saturated heterocycles. The summed E-state index contributed by atoms with van der Waals surface area (Å²) in [5, 5.41) is 0. The van der Waals surface area contributed by atoms with E-state index >= 15 is 0 Å². The van der Waals surface area contributed by atoms with Gasteiger partial charge in [0, 0.05) is 14.2 Å². The molecule has 0 spiro atoms. The van der Waals surface area contributed by atoms with E-state index in [0.717, 1.165) is 0 Å². The van der Waals surface area contributed by atoms with E-state index in [-0.39, 0.29) is 0 Å². The summed E-state index contributed by atoms with van der Waals surface area (Å²) in [4.78, 5) is 71.1. The minimum atomic E-state index is -6.82. The fourth-order valence-electron chi connectivity index (χ4n) is 1.08. The second-order valence-corrected chi connectivity index (χ2v) is 17.5. The average molecular weight is 686 g/mol. The molecule has 33 heteroatoms. The first-order valence-corrected chi connectivity index (χ1v) is 18.8. The smallest absolute Gasteiger partial charge is 0.302 e. The van der Waals surface area contributed by atoms with Crippen LogP contribution in [0.2, 0.25) is 0 Å². The Morgan fingerprint density at radius 2 is 0.600 bits per heavy atom. The molecular formula is C2H14O25P8. The van der Waals surface area contributed by atoms with Gasteiger partial charge in [-0.2, -0.15) is 30.2 Å².